The Bertz CT molecular complexity index is 226. The van der Waals surface area contributed by atoms with Crippen molar-refractivity contribution in [3.8, 4) is 0 Å². The Morgan fingerprint density at radius 3 is 2.11 bits per heavy atom. The van der Waals surface area contributed by atoms with Gasteiger partial charge in [-0.15, -0.1) is 0 Å². The summed E-state index contributed by atoms with van der Waals surface area (Å²) in [5.74, 6) is 1.29. The fourth-order valence-corrected chi connectivity index (χ4v) is 1.58. The van der Waals surface area contributed by atoms with E-state index in [1.807, 2.05) is 13.8 Å². The normalized spacial score (nSPS) is 12.0. The molecule has 0 aliphatic heterocycles. The van der Waals surface area contributed by atoms with Gasteiger partial charge in [-0.2, -0.15) is 0 Å². The maximum atomic E-state index is 5.63. The van der Waals surface area contributed by atoms with E-state index in [-0.39, 0.29) is 6.79 Å². The Kier molecular flexibility index (Phi) is 12.9. The molecule has 0 amide bonds. The molecule has 0 rings (SSSR count). The van der Waals surface area contributed by atoms with E-state index in [9.17, 15) is 0 Å². The lowest BCUT2D eigenvalue weighted by atomic mass is 10.2. The molecule has 0 fully saturated rings. The van der Waals surface area contributed by atoms with E-state index in [1.165, 1.54) is 12.8 Å². The van der Waals surface area contributed by atoms with Gasteiger partial charge >= 0.3 is 5.95 Å². The second-order valence-electron chi connectivity index (χ2n) is 4.20. The van der Waals surface area contributed by atoms with Crippen LogP contribution in [0.1, 0.15) is 59.8 Å². The van der Waals surface area contributed by atoms with Crippen molar-refractivity contribution >= 4 is 0 Å². The van der Waals surface area contributed by atoms with Crippen molar-refractivity contribution in [2.24, 2.45) is 0 Å². The second-order valence-corrected chi connectivity index (χ2v) is 4.20. The van der Waals surface area contributed by atoms with Crippen molar-refractivity contribution in [3.63, 3.8) is 0 Å². The number of unbranched alkanes of at least 4 members (excludes halogenated alkanes) is 2. The minimum Gasteiger partial charge on any atom is -0.491 e. The number of rotatable bonds is 13. The number of ether oxygens (including phenoxy) is 4. The molecule has 0 spiro atoms. The van der Waals surface area contributed by atoms with E-state index in [1.54, 1.807) is 0 Å². The van der Waals surface area contributed by atoms with Crippen LogP contribution in [0.15, 0.2) is 11.7 Å². The van der Waals surface area contributed by atoms with Crippen LogP contribution in [0.4, 0.5) is 0 Å². The summed E-state index contributed by atoms with van der Waals surface area (Å²) in [6, 6.07) is 0. The molecular weight excluding hydrogens is 244 g/mol. The predicted octanol–water partition coefficient (Wildman–Crippen LogP) is 4.21. The third kappa shape index (κ3) is 9.65. The molecule has 0 aromatic rings. The average Bonchev–Trinajstić information content (AvgIpc) is 2.42. The molecule has 0 aliphatic carbocycles. The highest BCUT2D eigenvalue weighted by atomic mass is 16.7. The molecule has 0 heterocycles. The lowest BCUT2D eigenvalue weighted by molar-refractivity contribution is -0.0815. The molecule has 0 aromatic carbocycles. The molecule has 0 atom stereocenters. The monoisotopic (exact) mass is 274 g/mol. The summed E-state index contributed by atoms with van der Waals surface area (Å²) in [6.45, 7) is 10.2. The van der Waals surface area contributed by atoms with E-state index in [0.29, 0.717) is 25.8 Å². The van der Waals surface area contributed by atoms with Crippen LogP contribution in [-0.4, -0.2) is 26.6 Å². The molecule has 0 bridgehead atoms. The molecule has 0 unspecified atom stereocenters. The highest BCUT2D eigenvalue weighted by molar-refractivity contribution is 4.95. The fraction of sp³-hybridized carbons (Fsp3) is 0.867. The SMILES string of the molecule is CCCCCC(OCC)=C(OCC)OCOCCC. The first-order valence-corrected chi connectivity index (χ1v) is 7.49. The minimum atomic E-state index is 0.216. The first-order valence-electron chi connectivity index (χ1n) is 7.49. The van der Waals surface area contributed by atoms with Gasteiger partial charge in [0.2, 0.25) is 0 Å². The van der Waals surface area contributed by atoms with Gasteiger partial charge < -0.3 is 18.9 Å². The molecule has 0 aromatic heterocycles. The van der Waals surface area contributed by atoms with Gasteiger partial charge in [0.05, 0.1) is 19.8 Å². The van der Waals surface area contributed by atoms with Crippen LogP contribution in [0.2, 0.25) is 0 Å². The lowest BCUT2D eigenvalue weighted by Gasteiger charge is -2.16. The molecule has 0 saturated carbocycles. The van der Waals surface area contributed by atoms with E-state index in [2.05, 4.69) is 13.8 Å². The highest BCUT2D eigenvalue weighted by Gasteiger charge is 2.11. The van der Waals surface area contributed by atoms with Crippen molar-refractivity contribution in [2.45, 2.75) is 59.8 Å². The lowest BCUT2D eigenvalue weighted by Crippen LogP contribution is -2.09. The number of hydrogen-bond acceptors (Lipinski definition) is 4. The number of hydrogen-bond donors (Lipinski definition) is 0. The highest BCUT2D eigenvalue weighted by Crippen LogP contribution is 2.17. The molecular formula is C15H30O4. The van der Waals surface area contributed by atoms with Gasteiger partial charge in [0.15, 0.2) is 12.6 Å². The van der Waals surface area contributed by atoms with E-state index in [4.69, 9.17) is 18.9 Å². The van der Waals surface area contributed by atoms with Gasteiger partial charge in [0.25, 0.3) is 0 Å². The van der Waals surface area contributed by atoms with Crippen molar-refractivity contribution in [2.75, 3.05) is 26.6 Å². The second kappa shape index (κ2) is 13.5. The van der Waals surface area contributed by atoms with Gasteiger partial charge in [0, 0.05) is 6.42 Å². The zero-order valence-corrected chi connectivity index (χ0v) is 13.0. The molecule has 4 heteroatoms. The maximum absolute atomic E-state index is 5.63. The van der Waals surface area contributed by atoms with Gasteiger partial charge in [-0.1, -0.05) is 26.7 Å². The molecule has 0 saturated heterocycles. The smallest absolute Gasteiger partial charge is 0.321 e. The van der Waals surface area contributed by atoms with E-state index < -0.39 is 0 Å². The Labute approximate surface area is 118 Å². The summed E-state index contributed by atoms with van der Waals surface area (Å²) in [5, 5.41) is 0. The molecule has 19 heavy (non-hydrogen) atoms. The first-order chi connectivity index (χ1) is 9.29. The maximum Gasteiger partial charge on any atom is 0.321 e. The summed E-state index contributed by atoms with van der Waals surface area (Å²) in [5.41, 5.74) is 0. The summed E-state index contributed by atoms with van der Waals surface area (Å²) in [4.78, 5) is 0. The molecule has 0 aliphatic rings. The van der Waals surface area contributed by atoms with Crippen LogP contribution in [0, 0.1) is 0 Å². The standard InChI is InChI=1S/C15H30O4/c1-5-9-10-11-14(17-7-3)15(18-8-4)19-13-16-12-6-2/h5-13H2,1-4H3. The third-order valence-corrected chi connectivity index (χ3v) is 2.45. The van der Waals surface area contributed by atoms with Crippen LogP contribution in [0.25, 0.3) is 0 Å². The van der Waals surface area contributed by atoms with Gasteiger partial charge in [-0.25, -0.2) is 0 Å². The number of allylic oxidation sites excluding steroid dienone is 1. The summed E-state index contributed by atoms with van der Waals surface area (Å²) >= 11 is 0. The molecule has 4 nitrogen and oxygen atoms in total. The van der Waals surface area contributed by atoms with E-state index >= 15 is 0 Å². The predicted molar refractivity (Wildman–Crippen MR) is 76.6 cm³/mol. The largest absolute Gasteiger partial charge is 0.491 e. The minimum absolute atomic E-state index is 0.216. The quantitative estimate of drug-likeness (QED) is 0.286. The van der Waals surface area contributed by atoms with Crippen molar-refractivity contribution < 1.29 is 18.9 Å². The Morgan fingerprint density at radius 1 is 0.789 bits per heavy atom. The molecule has 114 valence electrons. The van der Waals surface area contributed by atoms with Crippen molar-refractivity contribution in [3.05, 3.63) is 11.7 Å². The van der Waals surface area contributed by atoms with Crippen LogP contribution < -0.4 is 0 Å². The first kappa shape index (κ1) is 18.1. The van der Waals surface area contributed by atoms with E-state index in [0.717, 1.165) is 25.0 Å². The Balaban J connectivity index is 4.41. The summed E-state index contributed by atoms with van der Waals surface area (Å²) in [7, 11) is 0. The van der Waals surface area contributed by atoms with Gasteiger partial charge in [0.1, 0.15) is 0 Å². The fourth-order valence-electron chi connectivity index (χ4n) is 1.58. The van der Waals surface area contributed by atoms with Gasteiger partial charge in [-0.05, 0) is 26.7 Å². The van der Waals surface area contributed by atoms with Crippen LogP contribution in [0.5, 0.6) is 0 Å². The van der Waals surface area contributed by atoms with Crippen molar-refractivity contribution in [1.29, 1.82) is 0 Å². The molecule has 0 radical (unpaired) electrons. The van der Waals surface area contributed by atoms with Crippen LogP contribution in [-0.2, 0) is 18.9 Å². The topological polar surface area (TPSA) is 36.9 Å². The van der Waals surface area contributed by atoms with Crippen LogP contribution in [0.3, 0.4) is 0 Å². The third-order valence-electron chi connectivity index (χ3n) is 2.45. The summed E-state index contributed by atoms with van der Waals surface area (Å²) < 4.78 is 22.0. The zero-order valence-electron chi connectivity index (χ0n) is 13.0. The summed E-state index contributed by atoms with van der Waals surface area (Å²) in [6.07, 6.45) is 5.28. The Morgan fingerprint density at radius 2 is 1.53 bits per heavy atom. The zero-order chi connectivity index (χ0) is 14.3. The average molecular weight is 274 g/mol. The van der Waals surface area contributed by atoms with Gasteiger partial charge in [-0.3, -0.25) is 0 Å². The van der Waals surface area contributed by atoms with Crippen molar-refractivity contribution in [1.82, 2.24) is 0 Å². The van der Waals surface area contributed by atoms with Crippen LogP contribution >= 0.6 is 0 Å². The molecule has 0 N–H and O–H groups in total. The Hall–Kier alpha value is -0.900.